The van der Waals surface area contributed by atoms with E-state index < -0.39 is 0 Å². The predicted octanol–water partition coefficient (Wildman–Crippen LogP) is 7.05. The molecule has 0 N–H and O–H groups in total. The van der Waals surface area contributed by atoms with Crippen molar-refractivity contribution in [3.8, 4) is 0 Å². The van der Waals surface area contributed by atoms with E-state index in [0.29, 0.717) is 12.3 Å². The van der Waals surface area contributed by atoms with Crippen LogP contribution in [0, 0.1) is 5.92 Å². The lowest BCUT2D eigenvalue weighted by atomic mass is 9.89. The quantitative estimate of drug-likeness (QED) is 0.323. The zero-order valence-corrected chi connectivity index (χ0v) is 17.2. The minimum absolute atomic E-state index is 0.202. The van der Waals surface area contributed by atoms with E-state index in [9.17, 15) is 4.79 Å². The third-order valence-electron chi connectivity index (χ3n) is 5.60. The third-order valence-corrected chi connectivity index (χ3v) is 5.60. The number of ether oxygens (including phenoxy) is 1. The Morgan fingerprint density at radius 3 is 2.57 bits per heavy atom. The smallest absolute Gasteiger partial charge is 0.162 e. The average molecular weight is 377 g/mol. The Hall–Kier alpha value is -2.35. The number of Topliss-reactive ketones (excluding diaryl/α,β-unsaturated/α-hetero) is 1. The van der Waals surface area contributed by atoms with Crippen LogP contribution in [0.1, 0.15) is 74.7 Å². The number of carbonyl (C=O) groups is 1. The van der Waals surface area contributed by atoms with Crippen molar-refractivity contribution in [2.24, 2.45) is 5.92 Å². The van der Waals surface area contributed by atoms with Gasteiger partial charge in [0, 0.05) is 17.9 Å². The van der Waals surface area contributed by atoms with Crippen LogP contribution in [0.2, 0.25) is 0 Å². The maximum atomic E-state index is 11.8. The summed E-state index contributed by atoms with van der Waals surface area (Å²) < 4.78 is 5.88. The van der Waals surface area contributed by atoms with Crippen LogP contribution in [-0.4, -0.2) is 12.4 Å². The zero-order valence-electron chi connectivity index (χ0n) is 17.2. The fraction of sp³-hybridized carbons (Fsp3) is 0.423. The molecule has 2 heteroatoms. The zero-order chi connectivity index (χ0) is 19.8. The molecule has 0 bridgehead atoms. The van der Waals surface area contributed by atoms with Crippen molar-refractivity contribution in [2.75, 3.05) is 6.61 Å². The van der Waals surface area contributed by atoms with Gasteiger partial charge in [0.15, 0.2) is 5.78 Å². The third kappa shape index (κ3) is 5.34. The minimum atomic E-state index is 0.202. The number of allylic oxidation sites excluding steroid dienone is 7. The lowest BCUT2D eigenvalue weighted by Gasteiger charge is -2.19. The van der Waals surface area contributed by atoms with Crippen LogP contribution in [0.3, 0.4) is 0 Å². The molecule has 2 nitrogen and oxygen atoms in total. The van der Waals surface area contributed by atoms with Crippen molar-refractivity contribution in [3.63, 3.8) is 0 Å². The molecular weight excluding hydrogens is 344 g/mol. The van der Waals surface area contributed by atoms with Crippen molar-refractivity contribution in [1.82, 2.24) is 0 Å². The van der Waals surface area contributed by atoms with Crippen molar-refractivity contribution in [3.05, 3.63) is 77.1 Å². The summed E-state index contributed by atoms with van der Waals surface area (Å²) in [6, 6.07) is 8.06. The molecule has 0 aliphatic heterocycles. The molecule has 2 aliphatic rings. The topological polar surface area (TPSA) is 26.3 Å². The first-order valence-electron chi connectivity index (χ1n) is 10.8. The van der Waals surface area contributed by atoms with Gasteiger partial charge >= 0.3 is 0 Å². The molecule has 0 fully saturated rings. The Morgan fingerprint density at radius 2 is 1.89 bits per heavy atom. The van der Waals surface area contributed by atoms with E-state index in [-0.39, 0.29) is 5.78 Å². The van der Waals surface area contributed by atoms with Gasteiger partial charge in [-0.25, -0.2) is 0 Å². The lowest BCUT2D eigenvalue weighted by Crippen LogP contribution is -2.05. The fourth-order valence-corrected chi connectivity index (χ4v) is 3.77. The Morgan fingerprint density at radius 1 is 1.07 bits per heavy atom. The SMILES string of the molecule is CCCCCCOC1=CCC(C2=CC=C(c3ccc(C(=O)CC)cc3)C2)C=C1. The van der Waals surface area contributed by atoms with Gasteiger partial charge < -0.3 is 4.74 Å². The molecular formula is C26H32O2. The molecule has 1 atom stereocenters. The van der Waals surface area contributed by atoms with Crippen LogP contribution in [0.5, 0.6) is 0 Å². The number of hydrogen-bond donors (Lipinski definition) is 0. The maximum Gasteiger partial charge on any atom is 0.162 e. The van der Waals surface area contributed by atoms with Gasteiger partial charge in [0.1, 0.15) is 5.76 Å². The van der Waals surface area contributed by atoms with E-state index in [0.717, 1.165) is 37.2 Å². The molecule has 1 aromatic rings. The van der Waals surface area contributed by atoms with E-state index in [4.69, 9.17) is 4.74 Å². The molecule has 148 valence electrons. The number of unbranched alkanes of at least 4 members (excludes halogenated alkanes) is 3. The highest BCUT2D eigenvalue weighted by atomic mass is 16.5. The van der Waals surface area contributed by atoms with Gasteiger partial charge in [0.25, 0.3) is 0 Å². The van der Waals surface area contributed by atoms with E-state index in [2.05, 4.69) is 49.4 Å². The highest BCUT2D eigenvalue weighted by Gasteiger charge is 2.19. The summed E-state index contributed by atoms with van der Waals surface area (Å²) in [4.78, 5) is 11.8. The molecule has 0 aromatic heterocycles. The number of rotatable bonds is 10. The molecule has 28 heavy (non-hydrogen) atoms. The number of benzene rings is 1. The standard InChI is InChI=1S/C26H32O2/c1-3-5-6-7-18-28-25-16-14-21(15-17-25)24-13-12-23(19-24)20-8-10-22(11-9-20)26(27)4-2/h8-14,16-17,21H,3-7,15,18-19H2,1-2H3. The first-order chi connectivity index (χ1) is 13.7. The second-order valence-corrected chi connectivity index (χ2v) is 7.68. The first-order valence-corrected chi connectivity index (χ1v) is 10.8. The van der Waals surface area contributed by atoms with Gasteiger partial charge in [-0.05, 0) is 42.6 Å². The first kappa shape index (κ1) is 20.4. The summed E-state index contributed by atoms with van der Waals surface area (Å²) >= 11 is 0. The molecule has 3 rings (SSSR count). The Kier molecular flexibility index (Phi) is 7.47. The second kappa shape index (κ2) is 10.3. The number of hydrogen-bond acceptors (Lipinski definition) is 2. The highest BCUT2D eigenvalue weighted by molar-refractivity contribution is 5.96. The monoisotopic (exact) mass is 376 g/mol. The van der Waals surface area contributed by atoms with Gasteiger partial charge in [0.05, 0.1) is 6.61 Å². The van der Waals surface area contributed by atoms with Crippen molar-refractivity contribution in [2.45, 2.75) is 58.8 Å². The lowest BCUT2D eigenvalue weighted by molar-refractivity contribution is 0.0988. The summed E-state index contributed by atoms with van der Waals surface area (Å²) in [6.45, 7) is 4.96. The summed E-state index contributed by atoms with van der Waals surface area (Å²) in [6.07, 6.45) is 18.6. The Labute approximate surface area is 169 Å². The molecule has 0 radical (unpaired) electrons. The molecule has 0 saturated heterocycles. The van der Waals surface area contributed by atoms with Gasteiger partial charge in [0.2, 0.25) is 0 Å². The van der Waals surface area contributed by atoms with Gasteiger partial charge in [-0.3, -0.25) is 4.79 Å². The Balaban J connectivity index is 1.47. The number of ketones is 1. The summed E-state index contributed by atoms with van der Waals surface area (Å²) in [5.41, 5.74) is 4.81. The van der Waals surface area contributed by atoms with E-state index >= 15 is 0 Å². The van der Waals surface area contributed by atoms with Crippen LogP contribution in [-0.2, 0) is 4.74 Å². The molecule has 2 aliphatic carbocycles. The summed E-state index contributed by atoms with van der Waals surface area (Å²) in [7, 11) is 0. The highest BCUT2D eigenvalue weighted by Crippen LogP contribution is 2.35. The van der Waals surface area contributed by atoms with Crippen LogP contribution in [0.15, 0.2) is 66.0 Å². The van der Waals surface area contributed by atoms with Gasteiger partial charge in [-0.2, -0.15) is 0 Å². The molecule has 0 saturated carbocycles. The fourth-order valence-electron chi connectivity index (χ4n) is 3.77. The molecule has 1 unspecified atom stereocenters. The largest absolute Gasteiger partial charge is 0.494 e. The molecule has 0 spiro atoms. The predicted molar refractivity (Wildman–Crippen MR) is 117 cm³/mol. The molecule has 1 aromatic carbocycles. The summed E-state index contributed by atoms with van der Waals surface area (Å²) in [5, 5.41) is 0. The normalized spacial score (nSPS) is 18.5. The second-order valence-electron chi connectivity index (χ2n) is 7.68. The van der Waals surface area contributed by atoms with Gasteiger partial charge in [-0.1, -0.05) is 81.2 Å². The summed E-state index contributed by atoms with van der Waals surface area (Å²) in [5.74, 6) is 1.69. The van der Waals surface area contributed by atoms with E-state index in [1.165, 1.54) is 36.0 Å². The maximum absolute atomic E-state index is 11.8. The average Bonchev–Trinajstić information content (AvgIpc) is 3.24. The van der Waals surface area contributed by atoms with Crippen LogP contribution in [0.25, 0.3) is 5.57 Å². The minimum Gasteiger partial charge on any atom is -0.494 e. The van der Waals surface area contributed by atoms with Crippen LogP contribution in [0.4, 0.5) is 0 Å². The Bertz CT molecular complexity index is 790. The van der Waals surface area contributed by atoms with E-state index in [1.54, 1.807) is 0 Å². The van der Waals surface area contributed by atoms with E-state index in [1.807, 2.05) is 19.1 Å². The van der Waals surface area contributed by atoms with Crippen LogP contribution >= 0.6 is 0 Å². The molecule has 0 amide bonds. The molecule has 0 heterocycles. The number of carbonyl (C=O) groups excluding carboxylic acids is 1. The van der Waals surface area contributed by atoms with Gasteiger partial charge in [-0.15, -0.1) is 0 Å². The van der Waals surface area contributed by atoms with Crippen LogP contribution < -0.4 is 0 Å². The van der Waals surface area contributed by atoms with Crippen molar-refractivity contribution in [1.29, 1.82) is 0 Å². The van der Waals surface area contributed by atoms with Crippen molar-refractivity contribution >= 4 is 11.4 Å². The van der Waals surface area contributed by atoms with Crippen molar-refractivity contribution < 1.29 is 9.53 Å².